The quantitative estimate of drug-likeness (QED) is 0.802. The van der Waals surface area contributed by atoms with Crippen LogP contribution in [0.25, 0.3) is 0 Å². The molecule has 0 unspecified atom stereocenters. The van der Waals surface area contributed by atoms with Crippen molar-refractivity contribution in [3.63, 3.8) is 0 Å². The lowest BCUT2D eigenvalue weighted by Crippen LogP contribution is -2.32. The fourth-order valence-corrected chi connectivity index (χ4v) is 3.02. The highest BCUT2D eigenvalue weighted by Gasteiger charge is 2.39. The number of hydrogen-bond donors (Lipinski definition) is 1. The summed E-state index contributed by atoms with van der Waals surface area (Å²) in [4.78, 5) is 0. The summed E-state index contributed by atoms with van der Waals surface area (Å²) in [5.41, 5.74) is 1.67. The van der Waals surface area contributed by atoms with Crippen molar-refractivity contribution in [1.29, 1.82) is 0 Å². The first-order valence-electron chi connectivity index (χ1n) is 5.96. The molecule has 1 N–H and O–H groups in total. The van der Waals surface area contributed by atoms with E-state index < -0.39 is 0 Å². The highest BCUT2D eigenvalue weighted by Crippen LogP contribution is 2.46. The average molecular weight is 204 g/mol. The van der Waals surface area contributed by atoms with E-state index in [1.807, 2.05) is 0 Å². The fourth-order valence-electron chi connectivity index (χ4n) is 3.02. The summed E-state index contributed by atoms with van der Waals surface area (Å²) >= 11 is 0. The molecule has 0 aromatic heterocycles. The lowest BCUT2D eigenvalue weighted by atomic mass is 9.70. The van der Waals surface area contributed by atoms with Crippen LogP contribution in [0.5, 0.6) is 0 Å². The second-order valence-electron chi connectivity index (χ2n) is 4.81. The molecule has 1 aromatic rings. The first kappa shape index (κ1) is 10.7. The Morgan fingerprint density at radius 2 is 1.80 bits per heavy atom. The first-order chi connectivity index (χ1) is 7.29. The Labute approximate surface area is 92.1 Å². The predicted octanol–water partition coefficient (Wildman–Crippen LogP) is 3.13. The van der Waals surface area contributed by atoms with E-state index in [1.54, 1.807) is 0 Å². The van der Waals surface area contributed by atoms with Crippen LogP contribution in [0.2, 0.25) is 0 Å². The van der Waals surface area contributed by atoms with E-state index >= 15 is 0 Å². The lowest BCUT2D eigenvalue weighted by Gasteiger charge is -2.35. The molecule has 1 aliphatic rings. The molecule has 1 fully saturated rings. The summed E-state index contributed by atoms with van der Waals surface area (Å²) < 4.78 is 0. The number of rotatable bonds is 3. The van der Waals surface area contributed by atoms with Gasteiger partial charge in [0.1, 0.15) is 0 Å². The van der Waals surface area contributed by atoms with E-state index in [0.717, 1.165) is 0 Å². The molecular formula is C14H20O. The van der Waals surface area contributed by atoms with Gasteiger partial charge in [0.2, 0.25) is 0 Å². The minimum absolute atomic E-state index is 0.246. The zero-order chi connectivity index (χ0) is 10.7. The van der Waals surface area contributed by atoms with Crippen LogP contribution in [0.1, 0.15) is 38.2 Å². The maximum absolute atomic E-state index is 9.42. The van der Waals surface area contributed by atoms with Crippen LogP contribution in [0.15, 0.2) is 30.3 Å². The third-order valence-electron chi connectivity index (χ3n) is 4.06. The molecule has 0 bridgehead atoms. The van der Waals surface area contributed by atoms with Gasteiger partial charge in [-0.25, -0.2) is 0 Å². The van der Waals surface area contributed by atoms with Gasteiger partial charge in [-0.3, -0.25) is 0 Å². The molecule has 0 radical (unpaired) electrons. The standard InChI is InChI=1S/C14H20O/c1-12(11-15)14(9-5-6-10-14)13-7-3-2-4-8-13/h2-4,7-8,12,15H,5-6,9-11H2,1H3/t12-/m1/s1. The van der Waals surface area contributed by atoms with Crippen molar-refractivity contribution in [2.75, 3.05) is 6.61 Å². The van der Waals surface area contributed by atoms with Gasteiger partial charge in [0.25, 0.3) is 0 Å². The summed E-state index contributed by atoms with van der Waals surface area (Å²) in [6, 6.07) is 10.7. The van der Waals surface area contributed by atoms with Crippen molar-refractivity contribution in [3.05, 3.63) is 35.9 Å². The van der Waals surface area contributed by atoms with Gasteiger partial charge in [-0.05, 0) is 24.3 Å². The summed E-state index contributed by atoms with van der Waals surface area (Å²) in [6.45, 7) is 2.48. The Kier molecular flexibility index (Phi) is 3.11. The SMILES string of the molecule is C[C@H](CO)C1(c2ccccc2)CCCC1. The van der Waals surface area contributed by atoms with Crippen molar-refractivity contribution in [2.45, 2.75) is 38.0 Å². The van der Waals surface area contributed by atoms with Crippen LogP contribution in [0, 0.1) is 5.92 Å². The van der Waals surface area contributed by atoms with Crippen molar-refractivity contribution in [3.8, 4) is 0 Å². The predicted molar refractivity (Wildman–Crippen MR) is 62.8 cm³/mol. The highest BCUT2D eigenvalue weighted by molar-refractivity contribution is 5.27. The monoisotopic (exact) mass is 204 g/mol. The molecule has 0 aliphatic heterocycles. The van der Waals surface area contributed by atoms with Crippen LogP contribution in [-0.4, -0.2) is 11.7 Å². The minimum atomic E-state index is 0.246. The van der Waals surface area contributed by atoms with Crippen LogP contribution >= 0.6 is 0 Å². The second kappa shape index (κ2) is 4.36. The molecule has 1 aliphatic carbocycles. The van der Waals surface area contributed by atoms with E-state index in [1.165, 1.54) is 31.2 Å². The summed E-state index contributed by atoms with van der Waals surface area (Å²) in [6.07, 6.45) is 5.08. The summed E-state index contributed by atoms with van der Waals surface area (Å²) in [5, 5.41) is 9.42. The molecule has 0 heterocycles. The molecular weight excluding hydrogens is 184 g/mol. The van der Waals surface area contributed by atoms with Crippen molar-refractivity contribution >= 4 is 0 Å². The molecule has 2 rings (SSSR count). The summed E-state index contributed by atoms with van der Waals surface area (Å²) in [7, 11) is 0. The number of benzene rings is 1. The topological polar surface area (TPSA) is 20.2 Å². The van der Waals surface area contributed by atoms with Gasteiger partial charge in [0.05, 0.1) is 0 Å². The van der Waals surface area contributed by atoms with Gasteiger partial charge < -0.3 is 5.11 Å². The van der Waals surface area contributed by atoms with E-state index in [-0.39, 0.29) is 5.41 Å². The number of aliphatic hydroxyl groups is 1. The molecule has 15 heavy (non-hydrogen) atoms. The Bertz CT molecular complexity index is 298. The van der Waals surface area contributed by atoms with Crippen molar-refractivity contribution in [2.24, 2.45) is 5.92 Å². The maximum Gasteiger partial charge on any atom is 0.0465 e. The van der Waals surface area contributed by atoms with Crippen molar-refractivity contribution in [1.82, 2.24) is 0 Å². The Balaban J connectivity index is 2.35. The smallest absolute Gasteiger partial charge is 0.0465 e. The van der Waals surface area contributed by atoms with Crippen LogP contribution in [0.4, 0.5) is 0 Å². The van der Waals surface area contributed by atoms with E-state index in [0.29, 0.717) is 12.5 Å². The van der Waals surface area contributed by atoms with Crippen LogP contribution < -0.4 is 0 Å². The van der Waals surface area contributed by atoms with E-state index in [9.17, 15) is 5.11 Å². The fraction of sp³-hybridized carbons (Fsp3) is 0.571. The first-order valence-corrected chi connectivity index (χ1v) is 5.96. The van der Waals surface area contributed by atoms with Gasteiger partial charge in [0.15, 0.2) is 0 Å². The summed E-state index contributed by atoms with van der Waals surface area (Å²) in [5.74, 6) is 0.377. The van der Waals surface area contributed by atoms with Crippen LogP contribution in [0.3, 0.4) is 0 Å². The van der Waals surface area contributed by atoms with Gasteiger partial charge in [-0.2, -0.15) is 0 Å². The number of aliphatic hydroxyl groups excluding tert-OH is 1. The van der Waals surface area contributed by atoms with Gasteiger partial charge in [-0.15, -0.1) is 0 Å². The van der Waals surface area contributed by atoms with Gasteiger partial charge >= 0.3 is 0 Å². The molecule has 1 saturated carbocycles. The van der Waals surface area contributed by atoms with E-state index in [2.05, 4.69) is 37.3 Å². The van der Waals surface area contributed by atoms with Crippen molar-refractivity contribution < 1.29 is 5.11 Å². The minimum Gasteiger partial charge on any atom is -0.396 e. The van der Waals surface area contributed by atoms with Gasteiger partial charge in [-0.1, -0.05) is 50.1 Å². The Morgan fingerprint density at radius 1 is 1.20 bits per heavy atom. The number of hydrogen-bond acceptors (Lipinski definition) is 1. The normalized spacial score (nSPS) is 21.5. The molecule has 0 amide bonds. The molecule has 1 aromatic carbocycles. The zero-order valence-electron chi connectivity index (χ0n) is 9.45. The molecule has 1 atom stereocenters. The zero-order valence-corrected chi connectivity index (χ0v) is 9.45. The molecule has 0 spiro atoms. The third kappa shape index (κ3) is 1.81. The van der Waals surface area contributed by atoms with Gasteiger partial charge in [0, 0.05) is 12.0 Å². The molecule has 1 nitrogen and oxygen atoms in total. The van der Waals surface area contributed by atoms with Crippen LogP contribution in [-0.2, 0) is 5.41 Å². The second-order valence-corrected chi connectivity index (χ2v) is 4.81. The third-order valence-corrected chi connectivity index (χ3v) is 4.06. The highest BCUT2D eigenvalue weighted by atomic mass is 16.3. The Hall–Kier alpha value is -0.820. The maximum atomic E-state index is 9.42. The molecule has 82 valence electrons. The molecule has 0 saturated heterocycles. The largest absolute Gasteiger partial charge is 0.396 e. The Morgan fingerprint density at radius 3 is 2.33 bits per heavy atom. The average Bonchev–Trinajstić information content (AvgIpc) is 2.79. The van der Waals surface area contributed by atoms with E-state index in [4.69, 9.17) is 0 Å². The molecule has 1 heteroatoms. The lowest BCUT2D eigenvalue weighted by molar-refractivity contribution is 0.163.